The number of nitrogens with one attached hydrogen (secondary N) is 2. The number of para-hydroxylation sites is 1. The molecule has 0 saturated carbocycles. The number of anilines is 1. The minimum Gasteiger partial charge on any atom is -0.392 e. The molecule has 18 heavy (non-hydrogen) atoms. The first-order valence-electron chi connectivity index (χ1n) is 5.04. The first-order chi connectivity index (χ1) is 8.41. The molecule has 0 saturated heterocycles. The highest BCUT2D eigenvalue weighted by Gasteiger charge is 2.15. The van der Waals surface area contributed by atoms with Crippen molar-refractivity contribution in [1.82, 2.24) is 5.32 Å². The highest BCUT2D eigenvalue weighted by Crippen LogP contribution is 2.24. The zero-order valence-electron chi connectivity index (χ0n) is 9.62. The van der Waals surface area contributed by atoms with Gasteiger partial charge in [0.1, 0.15) is 0 Å². The summed E-state index contributed by atoms with van der Waals surface area (Å²) in [6.07, 6.45) is 0. The van der Waals surface area contributed by atoms with Crippen LogP contribution in [0.2, 0.25) is 5.02 Å². The molecule has 0 spiro atoms. The molecule has 0 aliphatic rings. The van der Waals surface area contributed by atoms with Gasteiger partial charge in [0.25, 0.3) is 0 Å². The van der Waals surface area contributed by atoms with Crippen LogP contribution in [-0.4, -0.2) is 23.3 Å². The monoisotopic (exact) mass is 285 g/mol. The summed E-state index contributed by atoms with van der Waals surface area (Å²) in [5, 5.41) is 5.08. The van der Waals surface area contributed by atoms with Gasteiger partial charge in [0.15, 0.2) is 0 Å². The highest BCUT2D eigenvalue weighted by atomic mass is 35.5. The fraction of sp³-hybridized carbons (Fsp3) is 0.182. The van der Waals surface area contributed by atoms with Crippen molar-refractivity contribution in [2.45, 2.75) is 6.92 Å². The van der Waals surface area contributed by atoms with Crippen LogP contribution < -0.4 is 16.4 Å². The van der Waals surface area contributed by atoms with E-state index in [1.165, 1.54) is 0 Å². The largest absolute Gasteiger partial charge is 0.392 e. The van der Waals surface area contributed by atoms with Crippen LogP contribution in [0.15, 0.2) is 18.2 Å². The maximum absolute atomic E-state index is 11.6. The van der Waals surface area contributed by atoms with Crippen LogP contribution in [0.25, 0.3) is 0 Å². The third kappa shape index (κ3) is 3.97. The van der Waals surface area contributed by atoms with E-state index in [4.69, 9.17) is 17.3 Å². The Hall–Kier alpha value is -1.66. The molecule has 0 atom stereocenters. The fourth-order valence-electron chi connectivity index (χ4n) is 1.21. The molecular weight excluding hydrogens is 274 g/mol. The van der Waals surface area contributed by atoms with Crippen molar-refractivity contribution in [3.63, 3.8) is 0 Å². The van der Waals surface area contributed by atoms with Gasteiger partial charge in [0.05, 0.1) is 22.2 Å². The van der Waals surface area contributed by atoms with Gasteiger partial charge in [-0.25, -0.2) is 0 Å². The Morgan fingerprint density at radius 1 is 1.39 bits per heavy atom. The molecule has 0 aliphatic carbocycles. The Bertz CT molecular complexity index is 485. The van der Waals surface area contributed by atoms with Gasteiger partial charge in [0.2, 0.25) is 0 Å². The quantitative estimate of drug-likeness (QED) is 0.571. The van der Waals surface area contributed by atoms with Gasteiger partial charge in [-0.15, -0.1) is 0 Å². The zero-order chi connectivity index (χ0) is 13.7. The summed E-state index contributed by atoms with van der Waals surface area (Å²) in [6, 6.07) is 5.14. The molecule has 1 rings (SSSR count). The molecule has 0 unspecified atom stereocenters. The molecule has 7 heteroatoms. The van der Waals surface area contributed by atoms with Crippen molar-refractivity contribution in [1.29, 1.82) is 0 Å². The molecule has 96 valence electrons. The molecule has 0 aliphatic heterocycles. The Labute approximate surface area is 115 Å². The van der Waals surface area contributed by atoms with Crippen molar-refractivity contribution in [2.24, 2.45) is 5.73 Å². The van der Waals surface area contributed by atoms with Crippen LogP contribution in [0.1, 0.15) is 5.56 Å². The Kier molecular flexibility index (Phi) is 5.06. The number of thiocarbonyl (C=S) groups is 1. The Morgan fingerprint density at radius 2 is 2.06 bits per heavy atom. The predicted molar refractivity (Wildman–Crippen MR) is 74.6 cm³/mol. The second kappa shape index (κ2) is 6.32. The van der Waals surface area contributed by atoms with E-state index >= 15 is 0 Å². The zero-order valence-corrected chi connectivity index (χ0v) is 11.2. The third-order valence-electron chi connectivity index (χ3n) is 2.09. The van der Waals surface area contributed by atoms with E-state index in [-0.39, 0.29) is 11.5 Å². The highest BCUT2D eigenvalue weighted by molar-refractivity contribution is 7.80. The summed E-state index contributed by atoms with van der Waals surface area (Å²) in [4.78, 5) is 23.1. The van der Waals surface area contributed by atoms with Gasteiger partial charge in [-0.2, -0.15) is 0 Å². The minimum absolute atomic E-state index is 0.0247. The molecule has 0 heterocycles. The average molecular weight is 286 g/mol. The molecule has 1 aromatic carbocycles. The summed E-state index contributed by atoms with van der Waals surface area (Å²) >= 11 is 10.5. The van der Waals surface area contributed by atoms with Gasteiger partial charge < -0.3 is 16.4 Å². The number of carbonyl (C=O) groups excluding carboxylic acids is 2. The number of nitrogens with two attached hydrogens (primary N) is 1. The number of carbonyl (C=O) groups is 2. The van der Waals surface area contributed by atoms with Crippen molar-refractivity contribution < 1.29 is 9.59 Å². The average Bonchev–Trinajstić information content (AvgIpc) is 2.30. The van der Waals surface area contributed by atoms with Crippen molar-refractivity contribution in [3.05, 3.63) is 28.8 Å². The lowest BCUT2D eigenvalue weighted by atomic mass is 10.2. The van der Waals surface area contributed by atoms with E-state index in [1.54, 1.807) is 25.1 Å². The third-order valence-corrected chi connectivity index (χ3v) is 2.55. The normalized spacial score (nSPS) is 9.67. The fourth-order valence-corrected chi connectivity index (χ4v) is 1.55. The number of amides is 2. The summed E-state index contributed by atoms with van der Waals surface area (Å²) in [6.45, 7) is 1.75. The van der Waals surface area contributed by atoms with E-state index in [2.05, 4.69) is 22.9 Å². The van der Waals surface area contributed by atoms with Crippen LogP contribution in [0, 0.1) is 6.92 Å². The van der Waals surface area contributed by atoms with Gasteiger partial charge >= 0.3 is 11.8 Å². The second-order valence-corrected chi connectivity index (χ2v) is 4.47. The van der Waals surface area contributed by atoms with Crippen molar-refractivity contribution >= 4 is 46.3 Å². The summed E-state index contributed by atoms with van der Waals surface area (Å²) in [7, 11) is 0. The lowest BCUT2D eigenvalue weighted by molar-refractivity contribution is -0.135. The van der Waals surface area contributed by atoms with Crippen molar-refractivity contribution in [2.75, 3.05) is 11.9 Å². The van der Waals surface area contributed by atoms with Crippen LogP contribution in [0.5, 0.6) is 0 Å². The molecule has 0 aromatic heterocycles. The van der Waals surface area contributed by atoms with Gasteiger partial charge in [0, 0.05) is 0 Å². The van der Waals surface area contributed by atoms with E-state index < -0.39 is 11.8 Å². The summed E-state index contributed by atoms with van der Waals surface area (Å²) < 4.78 is 0. The van der Waals surface area contributed by atoms with E-state index in [1.807, 2.05) is 0 Å². The molecule has 0 fully saturated rings. The molecule has 4 N–H and O–H groups in total. The minimum atomic E-state index is -0.817. The van der Waals surface area contributed by atoms with E-state index in [9.17, 15) is 9.59 Å². The first kappa shape index (κ1) is 14.4. The van der Waals surface area contributed by atoms with E-state index in [0.717, 1.165) is 5.56 Å². The standard InChI is InChI=1S/C11H12ClN3O2S/c1-6-3-2-4-7(12)9(6)15-11(17)10(16)14-5-8(13)18/h2-4H,5H2,1H3,(H2,13,18)(H,14,16)(H,15,17). The van der Waals surface area contributed by atoms with Gasteiger partial charge in [-0.05, 0) is 18.6 Å². The topological polar surface area (TPSA) is 84.2 Å². The molecule has 2 amide bonds. The number of aryl methyl sites for hydroxylation is 1. The Balaban J connectivity index is 2.70. The number of benzene rings is 1. The molecule has 5 nitrogen and oxygen atoms in total. The maximum Gasteiger partial charge on any atom is 0.313 e. The van der Waals surface area contributed by atoms with Crippen LogP contribution in [0.4, 0.5) is 5.69 Å². The Morgan fingerprint density at radius 3 is 2.61 bits per heavy atom. The summed E-state index contributed by atoms with van der Waals surface area (Å²) in [5.74, 6) is -1.63. The number of halogens is 1. The van der Waals surface area contributed by atoms with E-state index in [0.29, 0.717) is 10.7 Å². The second-order valence-electron chi connectivity index (χ2n) is 3.53. The molecular formula is C11H12ClN3O2S. The van der Waals surface area contributed by atoms with Gasteiger partial charge in [-0.3, -0.25) is 9.59 Å². The van der Waals surface area contributed by atoms with Crippen LogP contribution >= 0.6 is 23.8 Å². The predicted octanol–water partition coefficient (Wildman–Crippen LogP) is 0.989. The SMILES string of the molecule is Cc1cccc(Cl)c1NC(=O)C(=O)NCC(N)=S. The van der Waals surface area contributed by atoms with Gasteiger partial charge in [-0.1, -0.05) is 36.0 Å². The number of hydrogen-bond donors (Lipinski definition) is 3. The lowest BCUT2D eigenvalue weighted by Gasteiger charge is -2.09. The van der Waals surface area contributed by atoms with Crippen LogP contribution in [-0.2, 0) is 9.59 Å². The molecule has 0 bridgehead atoms. The molecule has 1 aromatic rings. The van der Waals surface area contributed by atoms with Crippen LogP contribution in [0.3, 0.4) is 0 Å². The van der Waals surface area contributed by atoms with Crippen molar-refractivity contribution in [3.8, 4) is 0 Å². The number of hydrogen-bond acceptors (Lipinski definition) is 3. The smallest absolute Gasteiger partial charge is 0.313 e. The summed E-state index contributed by atoms with van der Waals surface area (Å²) in [5.41, 5.74) is 6.38. The lowest BCUT2D eigenvalue weighted by Crippen LogP contribution is -2.39. The maximum atomic E-state index is 11.6. The molecule has 0 radical (unpaired) electrons. The number of rotatable bonds is 3. The first-order valence-corrected chi connectivity index (χ1v) is 5.83.